The lowest BCUT2D eigenvalue weighted by Crippen LogP contribution is -2.40. The molecule has 0 aliphatic rings. The van der Waals surface area contributed by atoms with E-state index in [0.717, 1.165) is 7.05 Å². The van der Waals surface area contributed by atoms with E-state index in [1.54, 1.807) is 0 Å². The molecule has 9 heteroatoms. The maximum atomic E-state index is 12.3. The average Bonchev–Trinajstić information content (AvgIpc) is 2.39. The van der Waals surface area contributed by atoms with Crippen LogP contribution in [0.1, 0.15) is 6.92 Å². The van der Waals surface area contributed by atoms with Gasteiger partial charge in [-0.05, 0) is 19.1 Å². The van der Waals surface area contributed by atoms with E-state index in [2.05, 4.69) is 0 Å². The molecule has 0 aliphatic carbocycles. The van der Waals surface area contributed by atoms with E-state index in [-0.39, 0.29) is 20.7 Å². The highest BCUT2D eigenvalue weighted by Crippen LogP contribution is 2.37. The predicted octanol–water partition coefficient (Wildman–Crippen LogP) is 2.10. The number of ether oxygens (including phenoxy) is 1. The zero-order valence-electron chi connectivity index (χ0n) is 10.9. The molecule has 0 heterocycles. The van der Waals surface area contributed by atoms with E-state index >= 15 is 0 Å². The normalized spacial score (nSPS) is 13.3. The summed E-state index contributed by atoms with van der Waals surface area (Å²) in [4.78, 5) is 10.6. The van der Waals surface area contributed by atoms with Crippen LogP contribution in [0.25, 0.3) is 0 Å². The number of carboxylic acids is 1. The number of hydrogen-bond acceptors (Lipinski definition) is 4. The van der Waals surface area contributed by atoms with Crippen LogP contribution in [0.4, 0.5) is 0 Å². The standard InChI is InChI=1S/C11H13Cl2NO5S/c1-6(11(15)16)14(2)20(17,18)8-5-4-7(19-3)9(12)10(8)13/h4-6H,1-3H3,(H,15,16). The van der Waals surface area contributed by atoms with Gasteiger partial charge < -0.3 is 9.84 Å². The highest BCUT2D eigenvalue weighted by Gasteiger charge is 2.32. The summed E-state index contributed by atoms with van der Waals surface area (Å²) < 4.78 is 30.3. The molecule has 0 radical (unpaired) electrons. The number of benzene rings is 1. The van der Waals surface area contributed by atoms with Gasteiger partial charge in [-0.3, -0.25) is 4.79 Å². The van der Waals surface area contributed by atoms with Crippen molar-refractivity contribution in [3.8, 4) is 5.75 Å². The first-order valence-electron chi connectivity index (χ1n) is 5.37. The highest BCUT2D eigenvalue weighted by atomic mass is 35.5. The van der Waals surface area contributed by atoms with Gasteiger partial charge in [0, 0.05) is 7.05 Å². The minimum Gasteiger partial charge on any atom is -0.495 e. The summed E-state index contributed by atoms with van der Waals surface area (Å²) in [6.45, 7) is 1.25. The number of sulfonamides is 1. The Labute approximate surface area is 126 Å². The zero-order chi connectivity index (χ0) is 15.7. The van der Waals surface area contributed by atoms with Crippen LogP contribution in [0, 0.1) is 0 Å². The second-order valence-corrected chi connectivity index (χ2v) is 6.65. The summed E-state index contributed by atoms with van der Waals surface area (Å²) >= 11 is 11.8. The molecule has 6 nitrogen and oxygen atoms in total. The third-order valence-corrected chi connectivity index (χ3v) is 5.74. The van der Waals surface area contributed by atoms with Crippen LogP contribution in [-0.4, -0.2) is 44.0 Å². The number of likely N-dealkylation sites (N-methyl/N-ethyl adjacent to an activating group) is 1. The largest absolute Gasteiger partial charge is 0.495 e. The van der Waals surface area contributed by atoms with Crippen molar-refractivity contribution in [3.63, 3.8) is 0 Å². The van der Waals surface area contributed by atoms with Gasteiger partial charge in [0.2, 0.25) is 10.0 Å². The zero-order valence-corrected chi connectivity index (χ0v) is 13.3. The Morgan fingerprint density at radius 3 is 2.35 bits per heavy atom. The lowest BCUT2D eigenvalue weighted by molar-refractivity contribution is -0.140. The molecule has 0 spiro atoms. The molecule has 0 fully saturated rings. The SMILES string of the molecule is COc1ccc(S(=O)(=O)N(C)C(C)C(=O)O)c(Cl)c1Cl. The number of nitrogens with zero attached hydrogens (tertiary/aromatic N) is 1. The third-order valence-electron chi connectivity index (χ3n) is 2.79. The van der Waals surface area contributed by atoms with Crippen molar-refractivity contribution in [1.82, 2.24) is 4.31 Å². The number of carbonyl (C=O) groups is 1. The van der Waals surface area contributed by atoms with Crippen molar-refractivity contribution in [1.29, 1.82) is 0 Å². The van der Waals surface area contributed by atoms with Crippen LogP contribution in [0.3, 0.4) is 0 Å². The van der Waals surface area contributed by atoms with Gasteiger partial charge in [-0.2, -0.15) is 4.31 Å². The van der Waals surface area contributed by atoms with Crippen LogP contribution < -0.4 is 4.74 Å². The molecular formula is C11H13Cl2NO5S. The smallest absolute Gasteiger partial charge is 0.321 e. The summed E-state index contributed by atoms with van der Waals surface area (Å²) in [7, 11) is -1.56. The van der Waals surface area contributed by atoms with Gasteiger partial charge in [-0.1, -0.05) is 23.2 Å². The summed E-state index contributed by atoms with van der Waals surface area (Å²) in [6, 6.07) is 1.32. The van der Waals surface area contributed by atoms with E-state index in [1.165, 1.54) is 26.2 Å². The Morgan fingerprint density at radius 1 is 1.35 bits per heavy atom. The van der Waals surface area contributed by atoms with E-state index in [4.69, 9.17) is 33.0 Å². The summed E-state index contributed by atoms with van der Waals surface area (Å²) in [5.41, 5.74) is 0. The van der Waals surface area contributed by atoms with Crippen molar-refractivity contribution >= 4 is 39.2 Å². The van der Waals surface area contributed by atoms with Gasteiger partial charge in [0.15, 0.2) is 0 Å². The van der Waals surface area contributed by atoms with Crippen molar-refractivity contribution < 1.29 is 23.1 Å². The van der Waals surface area contributed by atoms with Crippen molar-refractivity contribution in [2.75, 3.05) is 14.2 Å². The van der Waals surface area contributed by atoms with Crippen molar-refractivity contribution in [2.24, 2.45) is 0 Å². The Hall–Kier alpha value is -1.02. The predicted molar refractivity (Wildman–Crippen MR) is 75.1 cm³/mol. The topological polar surface area (TPSA) is 83.9 Å². The van der Waals surface area contributed by atoms with E-state index in [0.29, 0.717) is 4.31 Å². The van der Waals surface area contributed by atoms with Crippen LogP contribution >= 0.6 is 23.2 Å². The van der Waals surface area contributed by atoms with Gasteiger partial charge >= 0.3 is 5.97 Å². The van der Waals surface area contributed by atoms with E-state index in [9.17, 15) is 13.2 Å². The highest BCUT2D eigenvalue weighted by molar-refractivity contribution is 7.89. The summed E-state index contributed by atoms with van der Waals surface area (Å²) in [5, 5.41) is 8.62. The minimum atomic E-state index is -4.08. The molecule has 0 saturated carbocycles. The van der Waals surface area contributed by atoms with Gasteiger partial charge in [0.25, 0.3) is 0 Å². The van der Waals surface area contributed by atoms with Crippen molar-refractivity contribution in [3.05, 3.63) is 22.2 Å². The van der Waals surface area contributed by atoms with Gasteiger partial charge in [-0.25, -0.2) is 8.42 Å². The van der Waals surface area contributed by atoms with Crippen LogP contribution in [0.5, 0.6) is 5.75 Å². The second kappa shape index (κ2) is 6.17. The molecule has 0 aromatic heterocycles. The molecule has 0 aliphatic heterocycles. The molecule has 1 aromatic rings. The van der Waals surface area contributed by atoms with Gasteiger partial charge in [0.1, 0.15) is 21.7 Å². The molecule has 0 saturated heterocycles. The maximum Gasteiger partial charge on any atom is 0.321 e. The van der Waals surface area contributed by atoms with Crippen LogP contribution in [0.15, 0.2) is 17.0 Å². The molecule has 0 bridgehead atoms. The summed E-state index contributed by atoms with van der Waals surface area (Å²) in [6.07, 6.45) is 0. The lowest BCUT2D eigenvalue weighted by atomic mass is 10.3. The fourth-order valence-corrected chi connectivity index (χ4v) is 3.52. The fourth-order valence-electron chi connectivity index (χ4n) is 1.39. The fraction of sp³-hybridized carbons (Fsp3) is 0.364. The van der Waals surface area contributed by atoms with Crippen molar-refractivity contribution in [2.45, 2.75) is 17.9 Å². The molecule has 1 aromatic carbocycles. The Kier molecular flexibility index (Phi) is 5.26. The lowest BCUT2D eigenvalue weighted by Gasteiger charge is -2.22. The second-order valence-electron chi connectivity index (χ2n) is 3.93. The number of aliphatic carboxylic acids is 1. The van der Waals surface area contributed by atoms with E-state index in [1.807, 2.05) is 0 Å². The number of methoxy groups -OCH3 is 1. The Morgan fingerprint density at radius 2 is 1.90 bits per heavy atom. The number of rotatable bonds is 5. The molecular weight excluding hydrogens is 329 g/mol. The first kappa shape index (κ1) is 17.0. The number of hydrogen-bond donors (Lipinski definition) is 1. The molecule has 1 N–H and O–H groups in total. The summed E-state index contributed by atoms with van der Waals surface area (Å²) in [5.74, 6) is -1.05. The maximum absolute atomic E-state index is 12.3. The molecule has 1 rings (SSSR count). The number of halogens is 2. The minimum absolute atomic E-state index is 0.0494. The van der Waals surface area contributed by atoms with Gasteiger partial charge in [-0.15, -0.1) is 0 Å². The van der Waals surface area contributed by atoms with Gasteiger partial charge in [0.05, 0.1) is 12.1 Å². The first-order chi connectivity index (χ1) is 9.14. The first-order valence-corrected chi connectivity index (χ1v) is 7.57. The van der Waals surface area contributed by atoms with Crippen LogP contribution in [-0.2, 0) is 14.8 Å². The Bertz CT molecular complexity index is 632. The number of carboxylic acid groups (broad SMARTS) is 1. The van der Waals surface area contributed by atoms with Crippen LogP contribution in [0.2, 0.25) is 10.0 Å². The molecule has 112 valence electrons. The van der Waals surface area contributed by atoms with E-state index < -0.39 is 22.0 Å². The molecule has 1 atom stereocenters. The molecule has 0 amide bonds. The molecule has 1 unspecified atom stereocenters. The monoisotopic (exact) mass is 341 g/mol. The third kappa shape index (κ3) is 3.01. The average molecular weight is 342 g/mol. The Balaban J connectivity index is 3.37. The quantitative estimate of drug-likeness (QED) is 0.886. The molecule has 20 heavy (non-hydrogen) atoms.